The van der Waals surface area contributed by atoms with Gasteiger partial charge in [0.1, 0.15) is 25.0 Å². The van der Waals surface area contributed by atoms with Crippen molar-refractivity contribution >= 4 is 34.5 Å². The van der Waals surface area contributed by atoms with Crippen LogP contribution in [0.25, 0.3) is 22.0 Å². The van der Waals surface area contributed by atoms with Crippen molar-refractivity contribution in [1.82, 2.24) is 36.3 Å². The Labute approximate surface area is 284 Å². The van der Waals surface area contributed by atoms with E-state index in [-0.39, 0.29) is 17.8 Å². The average Bonchev–Trinajstić information content (AvgIpc) is 3.59. The summed E-state index contributed by atoms with van der Waals surface area (Å²) in [6, 6.07) is 20.5. The van der Waals surface area contributed by atoms with E-state index >= 15 is 0 Å². The lowest BCUT2D eigenvalue weighted by Gasteiger charge is -2.33. The first-order valence-corrected chi connectivity index (χ1v) is 15.9. The highest BCUT2D eigenvalue weighted by Crippen LogP contribution is 2.45. The Hall–Kier alpha value is -5.19. The van der Waals surface area contributed by atoms with Crippen molar-refractivity contribution in [2.45, 2.75) is 37.5 Å². The Morgan fingerprint density at radius 3 is 2.26 bits per heavy atom. The zero-order valence-electron chi connectivity index (χ0n) is 27.2. The second-order valence-corrected chi connectivity index (χ2v) is 12.3. The maximum absolute atomic E-state index is 14.7. The number of rotatable bonds is 10. The van der Waals surface area contributed by atoms with Crippen LogP contribution in [-0.4, -0.2) is 84.4 Å². The number of likely N-dealkylation sites (N-methyl/N-ethyl adjacent to an activating group) is 1. The van der Waals surface area contributed by atoms with Gasteiger partial charge in [0.25, 0.3) is 11.8 Å². The number of halogens is 4. The first-order chi connectivity index (χ1) is 23.9. The minimum Gasteiger partial charge on any atom is -0.436 e. The van der Waals surface area contributed by atoms with Crippen molar-refractivity contribution in [3.8, 4) is 11.1 Å². The number of amides is 3. The van der Waals surface area contributed by atoms with Crippen LogP contribution in [0.4, 0.5) is 28.0 Å². The molecule has 264 valence electrons. The number of hydrogen-bond donors (Lipinski definition) is 5. The third-order valence-electron chi connectivity index (χ3n) is 8.73. The second-order valence-electron chi connectivity index (χ2n) is 12.3. The van der Waals surface area contributed by atoms with Gasteiger partial charge in [-0.15, -0.1) is 0 Å². The number of carbonyl (C=O) groups excluding carboxylic acids is 3. The van der Waals surface area contributed by atoms with E-state index in [2.05, 4.69) is 27.2 Å². The normalized spacial score (nSPS) is 17.6. The minimum absolute atomic E-state index is 0.126. The van der Waals surface area contributed by atoms with Gasteiger partial charge in [-0.25, -0.2) is 9.18 Å². The van der Waals surface area contributed by atoms with Gasteiger partial charge < -0.3 is 24.4 Å². The fourth-order valence-electron chi connectivity index (χ4n) is 6.37. The molecule has 5 N–H and O–H groups in total. The SMILES string of the molecule is CN1CC[C@H](Nc2cccc3c2cc(C(=O)NNNNC(=O)CN(C)C(=O)OC2c4ccccc4-c4ccccc42)n3CC(F)(F)F)[C@@H](F)C1. The molecule has 1 aliphatic heterocycles. The predicted octanol–water partition coefficient (Wildman–Crippen LogP) is 4.27. The fourth-order valence-corrected chi connectivity index (χ4v) is 6.37. The van der Waals surface area contributed by atoms with Crippen LogP contribution in [0.3, 0.4) is 0 Å². The Morgan fingerprint density at radius 2 is 1.60 bits per heavy atom. The van der Waals surface area contributed by atoms with Crippen molar-refractivity contribution in [2.24, 2.45) is 0 Å². The van der Waals surface area contributed by atoms with Crippen molar-refractivity contribution in [3.63, 3.8) is 0 Å². The molecule has 12 nitrogen and oxygen atoms in total. The van der Waals surface area contributed by atoms with Crippen LogP contribution in [-0.2, 0) is 16.1 Å². The number of likely N-dealkylation sites (tertiary alicyclic amines) is 1. The number of ether oxygens (including phenoxy) is 1. The summed E-state index contributed by atoms with van der Waals surface area (Å²) in [6.45, 7) is -1.01. The quantitative estimate of drug-likeness (QED) is 0.0945. The number of nitrogens with zero attached hydrogens (tertiary/aromatic N) is 3. The Balaban J connectivity index is 1.05. The molecule has 0 radical (unpaired) electrons. The molecule has 0 spiro atoms. The highest BCUT2D eigenvalue weighted by Gasteiger charge is 2.34. The number of piperidine rings is 1. The molecular formula is C34H36F4N8O4. The minimum atomic E-state index is -4.65. The zero-order valence-corrected chi connectivity index (χ0v) is 27.2. The standard InChI is InChI=1S/C34H36F4N8O4/c1-44-15-14-27(25(35)17-44)39-26-12-7-13-28-24(26)16-29(46(28)19-34(36,37)38)32(48)41-43-42-40-30(47)18-45(2)33(49)50-31-22-10-5-3-8-20(22)21-9-4-6-11-23(21)31/h3-13,16,25,27,31,39,42-43H,14-15,17-19H2,1-2H3,(H,40,47)(H,41,48)/t25-,27-/m0/s1. The first kappa shape index (κ1) is 34.7. The van der Waals surface area contributed by atoms with Gasteiger partial charge in [0.05, 0.1) is 11.6 Å². The Morgan fingerprint density at radius 1 is 0.940 bits per heavy atom. The Bertz CT molecular complexity index is 1860. The van der Waals surface area contributed by atoms with E-state index in [1.807, 2.05) is 60.5 Å². The van der Waals surface area contributed by atoms with Crippen LogP contribution >= 0.6 is 0 Å². The highest BCUT2D eigenvalue weighted by molar-refractivity contribution is 6.02. The van der Waals surface area contributed by atoms with Crippen molar-refractivity contribution in [3.05, 3.63) is 89.6 Å². The van der Waals surface area contributed by atoms with Crippen LogP contribution in [0.2, 0.25) is 0 Å². The lowest BCUT2D eigenvalue weighted by molar-refractivity contribution is -0.140. The summed E-state index contributed by atoms with van der Waals surface area (Å²) in [6.07, 6.45) is -6.75. The molecular weight excluding hydrogens is 660 g/mol. The fraction of sp³-hybridized carbons (Fsp3) is 0.324. The Kier molecular flexibility index (Phi) is 9.95. The number of carbonyl (C=O) groups is 3. The number of anilines is 1. The van der Waals surface area contributed by atoms with Crippen LogP contribution in [0.1, 0.15) is 34.1 Å². The molecule has 4 aromatic rings. The predicted molar refractivity (Wildman–Crippen MR) is 177 cm³/mol. The smallest absolute Gasteiger partial charge is 0.410 e. The first-order valence-electron chi connectivity index (χ1n) is 15.9. The summed E-state index contributed by atoms with van der Waals surface area (Å²) < 4.78 is 62.2. The molecule has 1 saturated heterocycles. The van der Waals surface area contributed by atoms with Crippen molar-refractivity contribution in [2.75, 3.05) is 39.0 Å². The summed E-state index contributed by atoms with van der Waals surface area (Å²) in [5, 5.41) is 3.43. The van der Waals surface area contributed by atoms with E-state index in [4.69, 9.17) is 4.74 Å². The van der Waals surface area contributed by atoms with Crippen molar-refractivity contribution in [1.29, 1.82) is 0 Å². The van der Waals surface area contributed by atoms with Gasteiger partial charge in [0, 0.05) is 42.3 Å². The third kappa shape index (κ3) is 7.51. The van der Waals surface area contributed by atoms with Gasteiger partial charge >= 0.3 is 12.3 Å². The van der Waals surface area contributed by atoms with Crippen LogP contribution < -0.4 is 27.2 Å². The van der Waals surface area contributed by atoms with Gasteiger partial charge in [-0.2, -0.15) is 24.2 Å². The number of aromatic nitrogens is 1. The topological polar surface area (TPSA) is 132 Å². The number of nitrogens with one attached hydrogen (secondary N) is 5. The molecule has 0 saturated carbocycles. The molecule has 50 heavy (non-hydrogen) atoms. The summed E-state index contributed by atoms with van der Waals surface area (Å²) >= 11 is 0. The number of benzene rings is 3. The largest absolute Gasteiger partial charge is 0.436 e. The van der Waals surface area contributed by atoms with E-state index in [0.29, 0.717) is 24.0 Å². The molecule has 2 heterocycles. The van der Waals surface area contributed by atoms with Gasteiger partial charge in [-0.1, -0.05) is 54.6 Å². The molecule has 1 aliphatic carbocycles. The maximum Gasteiger partial charge on any atom is 0.410 e. The van der Waals surface area contributed by atoms with E-state index < -0.39 is 55.5 Å². The number of hydrogen-bond acceptors (Lipinski definition) is 8. The monoisotopic (exact) mass is 696 g/mol. The molecule has 6 rings (SSSR count). The molecule has 0 unspecified atom stereocenters. The summed E-state index contributed by atoms with van der Waals surface area (Å²) in [5.41, 5.74) is 12.7. The summed E-state index contributed by atoms with van der Waals surface area (Å²) in [5.74, 6) is -1.64. The lowest BCUT2D eigenvalue weighted by atomic mass is 10.0. The molecule has 3 aromatic carbocycles. The molecule has 16 heteroatoms. The number of hydrazine groups is 3. The molecule has 0 bridgehead atoms. The van der Waals surface area contributed by atoms with Crippen LogP contribution in [0.5, 0.6) is 0 Å². The molecule has 2 atom stereocenters. The van der Waals surface area contributed by atoms with Gasteiger partial charge in [-0.3, -0.25) is 20.4 Å². The molecule has 1 aromatic heterocycles. The van der Waals surface area contributed by atoms with Crippen LogP contribution in [0, 0.1) is 0 Å². The zero-order chi connectivity index (χ0) is 35.6. The number of alkyl halides is 4. The van der Waals surface area contributed by atoms with Crippen molar-refractivity contribution < 1.29 is 36.7 Å². The van der Waals surface area contributed by atoms with Gasteiger partial charge in [0.2, 0.25) is 0 Å². The average molecular weight is 697 g/mol. The summed E-state index contributed by atoms with van der Waals surface area (Å²) in [4.78, 5) is 41.5. The molecule has 2 aliphatic rings. The lowest BCUT2D eigenvalue weighted by Crippen LogP contribution is -2.56. The second kappa shape index (κ2) is 14.3. The highest BCUT2D eigenvalue weighted by atomic mass is 19.4. The van der Waals surface area contributed by atoms with E-state index in [9.17, 15) is 31.9 Å². The van der Waals surface area contributed by atoms with Crippen LogP contribution in [0.15, 0.2) is 72.8 Å². The molecule has 1 fully saturated rings. The van der Waals surface area contributed by atoms with E-state index in [1.165, 1.54) is 25.2 Å². The van der Waals surface area contributed by atoms with E-state index in [1.54, 1.807) is 6.07 Å². The summed E-state index contributed by atoms with van der Waals surface area (Å²) in [7, 11) is 3.19. The van der Waals surface area contributed by atoms with E-state index in [0.717, 1.165) is 31.7 Å². The maximum atomic E-state index is 14.7. The third-order valence-corrected chi connectivity index (χ3v) is 8.73. The van der Waals surface area contributed by atoms with Gasteiger partial charge in [0.15, 0.2) is 6.10 Å². The van der Waals surface area contributed by atoms with Gasteiger partial charge in [-0.05, 0) is 42.8 Å². The molecule has 3 amide bonds. The number of fused-ring (bicyclic) bond motifs is 4.